The highest BCUT2D eigenvalue weighted by molar-refractivity contribution is 14.1. The molecule has 1 amide bonds. The van der Waals surface area contributed by atoms with E-state index in [4.69, 9.17) is 0 Å². The summed E-state index contributed by atoms with van der Waals surface area (Å²) in [5, 5.41) is 2.67. The zero-order valence-electron chi connectivity index (χ0n) is 9.58. The third-order valence-corrected chi connectivity index (χ3v) is 3.04. The molecule has 5 heteroatoms. The number of hydrogen-bond acceptors (Lipinski definition) is 2. The van der Waals surface area contributed by atoms with E-state index < -0.39 is 0 Å². The number of nitrogens with one attached hydrogen (secondary N) is 1. The molecule has 0 bridgehead atoms. The van der Waals surface area contributed by atoms with Crippen LogP contribution in [0.15, 0.2) is 36.5 Å². The third kappa shape index (κ3) is 3.04. The van der Waals surface area contributed by atoms with Crippen molar-refractivity contribution in [3.05, 3.63) is 57.0 Å². The molecule has 0 aliphatic rings. The van der Waals surface area contributed by atoms with Crippen molar-refractivity contribution in [2.75, 3.05) is 5.32 Å². The van der Waals surface area contributed by atoms with Crippen LogP contribution in [0.4, 0.5) is 10.2 Å². The van der Waals surface area contributed by atoms with Gasteiger partial charge in [0, 0.05) is 15.3 Å². The van der Waals surface area contributed by atoms with Gasteiger partial charge in [0.1, 0.15) is 11.6 Å². The molecule has 0 spiro atoms. The molecule has 0 saturated heterocycles. The van der Waals surface area contributed by atoms with E-state index >= 15 is 0 Å². The number of benzene rings is 1. The van der Waals surface area contributed by atoms with Crippen molar-refractivity contribution in [3.8, 4) is 0 Å². The molecule has 1 heterocycles. The molecule has 2 rings (SSSR count). The van der Waals surface area contributed by atoms with Crippen LogP contribution in [0, 0.1) is 16.3 Å². The molecule has 0 saturated carbocycles. The normalized spacial score (nSPS) is 10.2. The predicted molar refractivity (Wildman–Crippen MR) is 76.0 cm³/mol. The molecule has 0 fully saturated rings. The van der Waals surface area contributed by atoms with Crippen molar-refractivity contribution in [1.29, 1.82) is 0 Å². The molecule has 2 aromatic rings. The van der Waals surface area contributed by atoms with Gasteiger partial charge in [-0.25, -0.2) is 9.37 Å². The van der Waals surface area contributed by atoms with E-state index in [9.17, 15) is 9.18 Å². The number of anilines is 1. The largest absolute Gasteiger partial charge is 0.307 e. The zero-order valence-corrected chi connectivity index (χ0v) is 11.7. The molecule has 1 aromatic heterocycles. The van der Waals surface area contributed by atoms with E-state index in [-0.39, 0.29) is 11.7 Å². The number of nitrogens with zero attached hydrogens (tertiary/aromatic N) is 1. The van der Waals surface area contributed by atoms with Crippen LogP contribution in [-0.4, -0.2) is 10.9 Å². The molecule has 3 nitrogen and oxygen atoms in total. The maximum Gasteiger partial charge on any atom is 0.257 e. The van der Waals surface area contributed by atoms with Gasteiger partial charge in [0.05, 0.1) is 0 Å². The quantitative estimate of drug-likeness (QED) is 0.839. The van der Waals surface area contributed by atoms with Crippen LogP contribution in [-0.2, 0) is 0 Å². The Kier molecular flexibility index (Phi) is 3.90. The fourth-order valence-corrected chi connectivity index (χ4v) is 1.83. The molecule has 0 aliphatic heterocycles. The van der Waals surface area contributed by atoms with Gasteiger partial charge in [0.15, 0.2) is 0 Å². The molecule has 0 aliphatic carbocycles. The Morgan fingerprint density at radius 2 is 2.11 bits per heavy atom. The van der Waals surface area contributed by atoms with E-state index in [1.807, 2.05) is 6.07 Å². The van der Waals surface area contributed by atoms with Crippen LogP contribution in [0.5, 0.6) is 0 Å². The minimum Gasteiger partial charge on any atom is -0.307 e. The second-order valence-electron chi connectivity index (χ2n) is 3.78. The van der Waals surface area contributed by atoms with Gasteiger partial charge in [-0.15, -0.1) is 0 Å². The van der Waals surface area contributed by atoms with Crippen LogP contribution in [0.2, 0.25) is 0 Å². The van der Waals surface area contributed by atoms with Crippen molar-refractivity contribution in [2.24, 2.45) is 0 Å². The lowest BCUT2D eigenvalue weighted by Crippen LogP contribution is -2.14. The van der Waals surface area contributed by atoms with Crippen molar-refractivity contribution < 1.29 is 9.18 Å². The molecule has 18 heavy (non-hydrogen) atoms. The highest BCUT2D eigenvalue weighted by Crippen LogP contribution is 2.13. The van der Waals surface area contributed by atoms with E-state index in [1.54, 1.807) is 19.2 Å². The fourth-order valence-electron chi connectivity index (χ4n) is 1.52. The Hall–Kier alpha value is -1.50. The molecule has 92 valence electrons. The highest BCUT2D eigenvalue weighted by atomic mass is 127. The van der Waals surface area contributed by atoms with Gasteiger partial charge in [0.2, 0.25) is 0 Å². The van der Waals surface area contributed by atoms with Crippen LogP contribution in [0.3, 0.4) is 0 Å². The fraction of sp³-hybridized carbons (Fsp3) is 0.0769. The first-order valence-electron chi connectivity index (χ1n) is 5.25. The standard InChI is InChI=1S/C13H10FIN2O/c1-8-6-9(14)2-4-11(8)13(18)17-12-5-3-10(15)7-16-12/h2-7H,1H3,(H,16,17,18). The summed E-state index contributed by atoms with van der Waals surface area (Å²) >= 11 is 2.13. The first kappa shape index (κ1) is 12.9. The molecule has 0 radical (unpaired) electrons. The molecule has 1 N–H and O–H groups in total. The van der Waals surface area contributed by atoms with Crippen LogP contribution >= 0.6 is 22.6 Å². The van der Waals surface area contributed by atoms with E-state index in [0.29, 0.717) is 16.9 Å². The number of amides is 1. The maximum atomic E-state index is 12.9. The van der Waals surface area contributed by atoms with Gasteiger partial charge < -0.3 is 5.32 Å². The summed E-state index contributed by atoms with van der Waals surface area (Å²) in [6.45, 7) is 1.69. The summed E-state index contributed by atoms with van der Waals surface area (Å²) in [5.74, 6) is -0.165. The second-order valence-corrected chi connectivity index (χ2v) is 5.02. The van der Waals surface area contributed by atoms with Gasteiger partial charge in [-0.2, -0.15) is 0 Å². The number of aryl methyl sites for hydroxylation is 1. The Labute approximate surface area is 118 Å². The lowest BCUT2D eigenvalue weighted by atomic mass is 10.1. The third-order valence-electron chi connectivity index (χ3n) is 2.40. The van der Waals surface area contributed by atoms with Gasteiger partial charge >= 0.3 is 0 Å². The van der Waals surface area contributed by atoms with Crippen molar-refractivity contribution >= 4 is 34.3 Å². The summed E-state index contributed by atoms with van der Waals surface area (Å²) in [6, 6.07) is 7.63. The summed E-state index contributed by atoms with van der Waals surface area (Å²) in [4.78, 5) is 16.0. The summed E-state index contributed by atoms with van der Waals surface area (Å²) in [5.41, 5.74) is 1.04. The lowest BCUT2D eigenvalue weighted by molar-refractivity contribution is 0.102. The maximum absolute atomic E-state index is 12.9. The molecule has 0 atom stereocenters. The monoisotopic (exact) mass is 356 g/mol. The van der Waals surface area contributed by atoms with E-state index in [1.165, 1.54) is 18.2 Å². The van der Waals surface area contributed by atoms with Crippen LogP contribution < -0.4 is 5.32 Å². The number of pyridine rings is 1. The Morgan fingerprint density at radius 1 is 1.33 bits per heavy atom. The average Bonchev–Trinajstić information content (AvgIpc) is 2.32. The van der Waals surface area contributed by atoms with Gasteiger partial charge in [-0.1, -0.05) is 0 Å². The number of carbonyl (C=O) groups excluding carboxylic acids is 1. The number of rotatable bonds is 2. The van der Waals surface area contributed by atoms with E-state index in [0.717, 1.165) is 3.57 Å². The summed E-state index contributed by atoms with van der Waals surface area (Å²) in [6.07, 6.45) is 1.66. The van der Waals surface area contributed by atoms with Gasteiger partial charge in [-0.05, 0) is 65.4 Å². The minimum absolute atomic E-state index is 0.291. The Balaban J connectivity index is 2.19. The molecule has 0 unspecified atom stereocenters. The Morgan fingerprint density at radius 3 is 2.72 bits per heavy atom. The summed E-state index contributed by atoms with van der Waals surface area (Å²) in [7, 11) is 0. The first-order valence-corrected chi connectivity index (χ1v) is 6.33. The molecule has 1 aromatic carbocycles. The Bertz CT molecular complexity index is 584. The number of halogens is 2. The second kappa shape index (κ2) is 5.43. The van der Waals surface area contributed by atoms with Crippen LogP contribution in [0.1, 0.15) is 15.9 Å². The number of hydrogen-bond donors (Lipinski definition) is 1. The van der Waals surface area contributed by atoms with E-state index in [2.05, 4.69) is 32.9 Å². The molecular weight excluding hydrogens is 346 g/mol. The minimum atomic E-state index is -0.351. The average molecular weight is 356 g/mol. The predicted octanol–water partition coefficient (Wildman–Crippen LogP) is 3.39. The topological polar surface area (TPSA) is 42.0 Å². The SMILES string of the molecule is Cc1cc(F)ccc1C(=O)Nc1ccc(I)cn1. The smallest absolute Gasteiger partial charge is 0.257 e. The first-order chi connectivity index (χ1) is 8.56. The van der Waals surface area contributed by atoms with Crippen molar-refractivity contribution in [2.45, 2.75) is 6.92 Å². The highest BCUT2D eigenvalue weighted by Gasteiger charge is 2.10. The zero-order chi connectivity index (χ0) is 13.1. The van der Waals surface area contributed by atoms with Crippen LogP contribution in [0.25, 0.3) is 0 Å². The number of aromatic nitrogens is 1. The lowest BCUT2D eigenvalue weighted by Gasteiger charge is -2.07. The van der Waals surface area contributed by atoms with Gasteiger partial charge in [0.25, 0.3) is 5.91 Å². The number of carbonyl (C=O) groups is 1. The van der Waals surface area contributed by atoms with Crippen molar-refractivity contribution in [3.63, 3.8) is 0 Å². The van der Waals surface area contributed by atoms with Gasteiger partial charge in [-0.3, -0.25) is 4.79 Å². The molecular formula is C13H10FIN2O. The summed E-state index contributed by atoms with van der Waals surface area (Å²) < 4.78 is 13.9. The van der Waals surface area contributed by atoms with Crippen molar-refractivity contribution in [1.82, 2.24) is 4.98 Å².